The molecule has 16 heavy (non-hydrogen) atoms. The summed E-state index contributed by atoms with van der Waals surface area (Å²) in [6.07, 6.45) is 0. The molecule has 84 valence electrons. The van der Waals surface area contributed by atoms with E-state index in [0.29, 0.717) is 0 Å². The van der Waals surface area contributed by atoms with Crippen molar-refractivity contribution in [1.29, 1.82) is 0 Å². The number of hydrogen-bond acceptors (Lipinski definition) is 2. The Kier molecular flexibility index (Phi) is 3.55. The second-order valence-electron chi connectivity index (χ2n) is 4.36. The minimum atomic E-state index is 0.724. The summed E-state index contributed by atoms with van der Waals surface area (Å²) in [5.41, 5.74) is 2.03. The molecule has 0 N–H and O–H groups in total. The number of benzene rings is 1. The van der Waals surface area contributed by atoms with E-state index < -0.39 is 0 Å². The van der Waals surface area contributed by atoms with E-state index in [4.69, 9.17) is 6.57 Å². The van der Waals surface area contributed by atoms with Gasteiger partial charge >= 0.3 is 0 Å². The van der Waals surface area contributed by atoms with Crippen LogP contribution in [0.15, 0.2) is 24.3 Å². The van der Waals surface area contributed by atoms with Gasteiger partial charge in [-0.05, 0) is 12.6 Å². The first-order chi connectivity index (χ1) is 7.78. The molecular formula is C13H17N3. The van der Waals surface area contributed by atoms with Gasteiger partial charge in [0, 0.05) is 32.7 Å². The second-order valence-corrected chi connectivity index (χ2v) is 4.36. The zero-order chi connectivity index (χ0) is 11.4. The molecular weight excluding hydrogens is 198 g/mol. The molecule has 1 aromatic rings. The molecule has 1 fully saturated rings. The normalized spacial score (nSPS) is 18.2. The smallest absolute Gasteiger partial charge is 0.187 e. The zero-order valence-corrected chi connectivity index (χ0v) is 9.69. The molecule has 3 nitrogen and oxygen atoms in total. The summed E-state index contributed by atoms with van der Waals surface area (Å²) in [5, 5.41) is 0. The predicted octanol–water partition coefficient (Wildman–Crippen LogP) is 1.98. The molecule has 0 amide bonds. The van der Waals surface area contributed by atoms with Gasteiger partial charge in [-0.25, -0.2) is 4.85 Å². The van der Waals surface area contributed by atoms with Gasteiger partial charge in [-0.2, -0.15) is 0 Å². The molecule has 1 saturated heterocycles. The van der Waals surface area contributed by atoms with Crippen molar-refractivity contribution >= 4 is 5.69 Å². The Morgan fingerprint density at radius 3 is 2.31 bits per heavy atom. The van der Waals surface area contributed by atoms with Gasteiger partial charge in [-0.1, -0.05) is 24.3 Å². The Labute approximate surface area is 97.1 Å². The molecule has 2 rings (SSSR count). The summed E-state index contributed by atoms with van der Waals surface area (Å²) in [5.74, 6) is 0. The maximum Gasteiger partial charge on any atom is 0.187 e. The van der Waals surface area contributed by atoms with E-state index in [0.717, 1.165) is 38.4 Å². The molecule has 0 atom stereocenters. The standard InChI is InChI=1S/C13H17N3/c1-14-13-5-3-12(4-6-13)11-16-9-7-15(2)8-10-16/h3-6H,7-11H2,2H3. The molecule has 0 saturated carbocycles. The topological polar surface area (TPSA) is 10.8 Å². The number of hydrogen-bond donors (Lipinski definition) is 0. The van der Waals surface area contributed by atoms with Crippen LogP contribution in [-0.2, 0) is 6.54 Å². The average Bonchev–Trinajstić information content (AvgIpc) is 2.33. The van der Waals surface area contributed by atoms with E-state index in [1.54, 1.807) is 0 Å². The zero-order valence-electron chi connectivity index (χ0n) is 9.69. The van der Waals surface area contributed by atoms with Crippen molar-refractivity contribution in [1.82, 2.24) is 9.80 Å². The summed E-state index contributed by atoms with van der Waals surface area (Å²) in [4.78, 5) is 8.22. The minimum absolute atomic E-state index is 0.724. The Morgan fingerprint density at radius 2 is 1.75 bits per heavy atom. The Morgan fingerprint density at radius 1 is 1.12 bits per heavy atom. The van der Waals surface area contributed by atoms with Crippen LogP contribution in [0.1, 0.15) is 5.56 Å². The fraction of sp³-hybridized carbons (Fsp3) is 0.462. The van der Waals surface area contributed by atoms with Crippen LogP contribution >= 0.6 is 0 Å². The van der Waals surface area contributed by atoms with Crippen LogP contribution in [0.4, 0.5) is 5.69 Å². The van der Waals surface area contributed by atoms with Crippen LogP contribution in [0, 0.1) is 6.57 Å². The lowest BCUT2D eigenvalue weighted by Gasteiger charge is -2.32. The molecule has 0 aliphatic carbocycles. The predicted molar refractivity (Wildman–Crippen MR) is 65.5 cm³/mol. The fourth-order valence-corrected chi connectivity index (χ4v) is 1.94. The molecule has 1 heterocycles. The third-order valence-electron chi connectivity index (χ3n) is 3.07. The molecule has 1 aliphatic rings. The van der Waals surface area contributed by atoms with E-state index >= 15 is 0 Å². The van der Waals surface area contributed by atoms with Gasteiger partial charge in [0.05, 0.1) is 6.57 Å². The number of piperazine rings is 1. The van der Waals surface area contributed by atoms with Crippen molar-refractivity contribution in [2.45, 2.75) is 6.54 Å². The van der Waals surface area contributed by atoms with Gasteiger partial charge in [0.1, 0.15) is 0 Å². The highest BCUT2D eigenvalue weighted by Crippen LogP contribution is 2.14. The van der Waals surface area contributed by atoms with Crippen molar-refractivity contribution in [3.8, 4) is 0 Å². The first kappa shape index (κ1) is 11.1. The van der Waals surface area contributed by atoms with Crippen molar-refractivity contribution in [3.63, 3.8) is 0 Å². The summed E-state index contributed by atoms with van der Waals surface area (Å²) in [6, 6.07) is 7.92. The van der Waals surface area contributed by atoms with Crippen LogP contribution in [0.25, 0.3) is 4.85 Å². The van der Waals surface area contributed by atoms with Gasteiger partial charge < -0.3 is 4.90 Å². The van der Waals surface area contributed by atoms with Crippen LogP contribution in [0.2, 0.25) is 0 Å². The number of nitrogens with zero attached hydrogens (tertiary/aromatic N) is 3. The van der Waals surface area contributed by atoms with E-state index in [2.05, 4.69) is 33.8 Å². The van der Waals surface area contributed by atoms with Crippen LogP contribution in [-0.4, -0.2) is 43.0 Å². The van der Waals surface area contributed by atoms with E-state index in [1.807, 2.05) is 12.1 Å². The number of rotatable bonds is 2. The lowest BCUT2D eigenvalue weighted by Crippen LogP contribution is -2.43. The Balaban J connectivity index is 1.91. The quantitative estimate of drug-likeness (QED) is 0.699. The van der Waals surface area contributed by atoms with Gasteiger partial charge in [0.15, 0.2) is 5.69 Å². The molecule has 3 heteroatoms. The third-order valence-corrected chi connectivity index (χ3v) is 3.07. The summed E-state index contributed by atoms with van der Waals surface area (Å²) < 4.78 is 0. The first-order valence-corrected chi connectivity index (χ1v) is 5.65. The molecule has 0 bridgehead atoms. The molecule has 0 aromatic heterocycles. The van der Waals surface area contributed by atoms with Crippen LogP contribution < -0.4 is 0 Å². The largest absolute Gasteiger partial charge is 0.304 e. The second kappa shape index (κ2) is 5.11. The SMILES string of the molecule is [C-]#[N+]c1ccc(CN2CCN(C)CC2)cc1. The van der Waals surface area contributed by atoms with Gasteiger partial charge in [-0.15, -0.1) is 0 Å². The summed E-state index contributed by atoms with van der Waals surface area (Å²) >= 11 is 0. The van der Waals surface area contributed by atoms with E-state index in [9.17, 15) is 0 Å². The van der Waals surface area contributed by atoms with Crippen molar-refractivity contribution in [2.75, 3.05) is 33.2 Å². The van der Waals surface area contributed by atoms with E-state index in [1.165, 1.54) is 5.56 Å². The first-order valence-electron chi connectivity index (χ1n) is 5.65. The van der Waals surface area contributed by atoms with Crippen LogP contribution in [0.3, 0.4) is 0 Å². The molecule has 0 spiro atoms. The fourth-order valence-electron chi connectivity index (χ4n) is 1.94. The maximum absolute atomic E-state index is 6.90. The Hall–Kier alpha value is -1.37. The lowest BCUT2D eigenvalue weighted by atomic mass is 10.2. The average molecular weight is 215 g/mol. The van der Waals surface area contributed by atoms with Gasteiger partial charge in [0.2, 0.25) is 0 Å². The number of likely N-dealkylation sites (N-methyl/N-ethyl adjacent to an activating group) is 1. The monoisotopic (exact) mass is 215 g/mol. The lowest BCUT2D eigenvalue weighted by molar-refractivity contribution is 0.148. The summed E-state index contributed by atoms with van der Waals surface area (Å²) in [6.45, 7) is 12.5. The minimum Gasteiger partial charge on any atom is -0.304 e. The van der Waals surface area contributed by atoms with Crippen molar-refractivity contribution < 1.29 is 0 Å². The highest BCUT2D eigenvalue weighted by molar-refractivity contribution is 5.45. The maximum atomic E-state index is 6.90. The van der Waals surface area contributed by atoms with Gasteiger partial charge in [0.25, 0.3) is 0 Å². The summed E-state index contributed by atoms with van der Waals surface area (Å²) in [7, 11) is 2.17. The molecule has 1 aliphatic heterocycles. The van der Waals surface area contributed by atoms with Crippen molar-refractivity contribution in [2.24, 2.45) is 0 Å². The Bertz CT molecular complexity index is 369. The molecule has 1 aromatic carbocycles. The van der Waals surface area contributed by atoms with Gasteiger partial charge in [-0.3, -0.25) is 4.90 Å². The highest BCUT2D eigenvalue weighted by atomic mass is 15.2. The van der Waals surface area contributed by atoms with Crippen LogP contribution in [0.5, 0.6) is 0 Å². The third kappa shape index (κ3) is 2.82. The highest BCUT2D eigenvalue weighted by Gasteiger charge is 2.13. The molecule has 0 unspecified atom stereocenters. The molecule has 0 radical (unpaired) electrons. The van der Waals surface area contributed by atoms with E-state index in [-0.39, 0.29) is 0 Å². The van der Waals surface area contributed by atoms with Crippen molar-refractivity contribution in [3.05, 3.63) is 41.2 Å².